The smallest absolute Gasteiger partial charge is 0.291 e. The Morgan fingerprint density at radius 1 is 0.860 bits per heavy atom. The molecular formula is C41H59N7OS. The number of allylic oxidation sites excluding steroid dienone is 2. The highest BCUT2D eigenvalue weighted by molar-refractivity contribution is 7.19. The number of hydrogen-bond donors (Lipinski definition) is 0. The van der Waals surface area contributed by atoms with Crippen LogP contribution < -0.4 is 4.90 Å². The molecule has 0 radical (unpaired) electrons. The van der Waals surface area contributed by atoms with Crippen molar-refractivity contribution >= 4 is 33.1 Å². The van der Waals surface area contributed by atoms with Crippen molar-refractivity contribution in [2.24, 2.45) is 22.7 Å². The Labute approximate surface area is 305 Å². The average Bonchev–Trinajstić information content (AvgIpc) is 3.75. The van der Waals surface area contributed by atoms with E-state index in [9.17, 15) is 10.1 Å². The number of aliphatic imine (C=N–C) groups is 1. The number of nitrogens with zero attached hydrogens (tertiary/aromatic N) is 7. The van der Waals surface area contributed by atoms with Gasteiger partial charge in [-0.15, -0.1) is 5.10 Å². The Kier molecular flexibility index (Phi) is 15.0. The van der Waals surface area contributed by atoms with Crippen molar-refractivity contribution in [1.82, 2.24) is 19.7 Å². The van der Waals surface area contributed by atoms with Crippen LogP contribution in [0.1, 0.15) is 141 Å². The molecule has 3 heterocycles. The van der Waals surface area contributed by atoms with Gasteiger partial charge in [-0.3, -0.25) is 4.79 Å². The lowest BCUT2D eigenvalue weighted by Gasteiger charge is -2.30. The molecule has 1 aliphatic heterocycles. The van der Waals surface area contributed by atoms with Gasteiger partial charge in [0.2, 0.25) is 0 Å². The third-order valence-corrected chi connectivity index (χ3v) is 11.5. The van der Waals surface area contributed by atoms with Gasteiger partial charge in [-0.05, 0) is 50.9 Å². The third kappa shape index (κ3) is 9.57. The first kappa shape index (κ1) is 39.2. The number of nitriles is 1. The van der Waals surface area contributed by atoms with Gasteiger partial charge in [0.15, 0.2) is 16.8 Å². The van der Waals surface area contributed by atoms with E-state index in [0.29, 0.717) is 47.1 Å². The molecule has 9 heteroatoms. The highest BCUT2D eigenvalue weighted by Gasteiger charge is 2.33. The number of carbonyl (C=O) groups excluding carboxylic acids is 1. The molecule has 270 valence electrons. The highest BCUT2D eigenvalue weighted by atomic mass is 32.1. The molecule has 0 spiro atoms. The van der Waals surface area contributed by atoms with E-state index in [0.717, 1.165) is 66.6 Å². The van der Waals surface area contributed by atoms with E-state index in [1.54, 1.807) is 18.3 Å². The van der Waals surface area contributed by atoms with Crippen molar-refractivity contribution in [1.29, 1.82) is 5.26 Å². The summed E-state index contributed by atoms with van der Waals surface area (Å²) in [5, 5.41) is 16.5. The molecule has 0 bridgehead atoms. The largest absolute Gasteiger partial charge is 0.347 e. The summed E-state index contributed by atoms with van der Waals surface area (Å²) >= 11 is 1.61. The van der Waals surface area contributed by atoms with Crippen molar-refractivity contribution in [2.45, 2.75) is 132 Å². The maximum absolute atomic E-state index is 13.5. The number of aryl methyl sites for hydroxylation is 2. The third-order valence-electron chi connectivity index (χ3n) is 10.5. The second-order valence-electron chi connectivity index (χ2n) is 14.1. The van der Waals surface area contributed by atoms with Crippen LogP contribution in [0, 0.1) is 36.0 Å². The summed E-state index contributed by atoms with van der Waals surface area (Å²) in [4.78, 5) is 31.5. The highest BCUT2D eigenvalue weighted by Crippen LogP contribution is 2.42. The second kappa shape index (κ2) is 19.1. The Hall–Kier alpha value is -3.64. The molecule has 1 aromatic carbocycles. The lowest BCUT2D eigenvalue weighted by molar-refractivity contribution is 0.0941. The van der Waals surface area contributed by atoms with Crippen LogP contribution in [0.2, 0.25) is 0 Å². The molecule has 1 aliphatic rings. The SMILES string of the molecule is CCCCC(CC)CN(CC(CC)CCCC)c1nc(-c2ccc(C)cc2)c(/N=C2/C(C)=C(C#N)C(=O)n3nc(CCC(CC)CC)nc32)s1. The first-order valence-electron chi connectivity index (χ1n) is 19.2. The lowest BCUT2D eigenvalue weighted by Crippen LogP contribution is -2.34. The first-order valence-corrected chi connectivity index (χ1v) is 20.1. The normalized spacial score (nSPS) is 15.1. The molecule has 4 rings (SSSR count). The fourth-order valence-corrected chi connectivity index (χ4v) is 7.79. The van der Waals surface area contributed by atoms with Crippen molar-refractivity contribution in [3.05, 3.63) is 52.6 Å². The Morgan fingerprint density at radius 3 is 2.00 bits per heavy atom. The minimum Gasteiger partial charge on any atom is -0.347 e. The van der Waals surface area contributed by atoms with Crippen LogP contribution >= 0.6 is 11.3 Å². The molecule has 0 saturated heterocycles. The standard InChI is InChI=1S/C41H59N7OS/c1-9-15-17-31(13-5)26-47(27-32(14-6)18-16-10-2)41-45-37(33-22-19-28(7)20-23-33)39(50-41)44-36-29(8)34(25-42)40(49)48-38(36)43-35(46-48)24-21-30(11-3)12-4/h19-20,22-23,30-32H,9-18,21,24,26-27H2,1-8H3/b44-36-. The van der Waals surface area contributed by atoms with Crippen LogP contribution in [-0.2, 0) is 6.42 Å². The summed E-state index contributed by atoms with van der Waals surface area (Å²) in [7, 11) is 0. The Balaban J connectivity index is 1.87. The maximum atomic E-state index is 13.5. The molecule has 8 nitrogen and oxygen atoms in total. The van der Waals surface area contributed by atoms with E-state index in [1.165, 1.54) is 48.8 Å². The fourth-order valence-electron chi connectivity index (χ4n) is 6.81. The topological polar surface area (TPSA) is 100 Å². The van der Waals surface area contributed by atoms with Crippen LogP contribution in [0.4, 0.5) is 10.1 Å². The van der Waals surface area contributed by atoms with Gasteiger partial charge in [-0.25, -0.2) is 15.0 Å². The Morgan fingerprint density at radius 2 is 1.46 bits per heavy atom. The zero-order valence-electron chi connectivity index (χ0n) is 31.9. The van der Waals surface area contributed by atoms with Crippen molar-refractivity contribution < 1.29 is 4.79 Å². The number of carbonyl (C=O) groups is 1. The molecule has 2 unspecified atom stereocenters. The average molecular weight is 698 g/mol. The molecule has 2 atom stereocenters. The number of rotatable bonds is 20. The van der Waals surface area contributed by atoms with E-state index in [1.807, 2.05) is 0 Å². The molecule has 0 N–H and O–H groups in total. The molecule has 0 amide bonds. The van der Waals surface area contributed by atoms with E-state index < -0.39 is 5.91 Å². The van der Waals surface area contributed by atoms with Gasteiger partial charge in [-0.2, -0.15) is 9.94 Å². The van der Waals surface area contributed by atoms with Crippen LogP contribution in [0.15, 0.2) is 40.4 Å². The molecular weight excluding hydrogens is 639 g/mol. The number of hydrogen-bond acceptors (Lipinski definition) is 8. The number of thiazole rings is 1. The quantitative estimate of drug-likeness (QED) is 0.116. The van der Waals surface area contributed by atoms with Gasteiger partial charge in [0.25, 0.3) is 5.91 Å². The van der Waals surface area contributed by atoms with Crippen LogP contribution in [0.5, 0.6) is 0 Å². The van der Waals surface area contributed by atoms with Crippen molar-refractivity contribution in [2.75, 3.05) is 18.0 Å². The summed E-state index contributed by atoms with van der Waals surface area (Å²) in [5.41, 5.74) is 4.09. The summed E-state index contributed by atoms with van der Waals surface area (Å²) in [6, 6.07) is 10.6. The van der Waals surface area contributed by atoms with E-state index in [-0.39, 0.29) is 5.57 Å². The van der Waals surface area contributed by atoms with E-state index >= 15 is 0 Å². The van der Waals surface area contributed by atoms with Gasteiger partial charge in [-0.1, -0.05) is 134 Å². The molecule has 3 aromatic rings. The van der Waals surface area contributed by atoms with Gasteiger partial charge in [0.05, 0.1) is 0 Å². The minimum atomic E-state index is -0.439. The van der Waals surface area contributed by atoms with Gasteiger partial charge >= 0.3 is 0 Å². The number of benzene rings is 1. The van der Waals surface area contributed by atoms with Crippen LogP contribution in [0.3, 0.4) is 0 Å². The molecule has 2 aromatic heterocycles. The zero-order chi connectivity index (χ0) is 36.2. The van der Waals surface area contributed by atoms with Crippen LogP contribution in [-0.4, -0.2) is 44.5 Å². The van der Waals surface area contributed by atoms with Crippen molar-refractivity contribution in [3.8, 4) is 17.3 Å². The zero-order valence-corrected chi connectivity index (χ0v) is 32.7. The van der Waals surface area contributed by atoms with Gasteiger partial charge in [0.1, 0.15) is 28.0 Å². The summed E-state index contributed by atoms with van der Waals surface area (Å²) < 4.78 is 1.30. The van der Waals surface area contributed by atoms with Gasteiger partial charge in [0, 0.05) is 30.6 Å². The summed E-state index contributed by atoms with van der Waals surface area (Å²) in [5.74, 6) is 2.34. The first-order chi connectivity index (χ1) is 24.2. The summed E-state index contributed by atoms with van der Waals surface area (Å²) in [6.45, 7) is 19.4. The molecule has 0 fully saturated rings. The number of fused-ring (bicyclic) bond motifs is 1. The van der Waals surface area contributed by atoms with E-state index in [4.69, 9.17) is 15.0 Å². The molecule has 50 heavy (non-hydrogen) atoms. The Bertz CT molecular complexity index is 1640. The fraction of sp³-hybridized carbons (Fsp3) is 0.610. The maximum Gasteiger partial charge on any atom is 0.291 e. The predicted molar refractivity (Wildman–Crippen MR) is 209 cm³/mol. The molecule has 0 saturated carbocycles. The minimum absolute atomic E-state index is 0.0550. The molecule has 0 aliphatic carbocycles. The monoisotopic (exact) mass is 697 g/mol. The lowest BCUT2D eigenvalue weighted by atomic mass is 9.96. The van der Waals surface area contributed by atoms with Crippen molar-refractivity contribution in [3.63, 3.8) is 0 Å². The van der Waals surface area contributed by atoms with Gasteiger partial charge < -0.3 is 4.90 Å². The van der Waals surface area contributed by atoms with E-state index in [2.05, 4.69) is 88.8 Å². The number of unbranched alkanes of at least 4 members (excludes halogenated alkanes) is 2. The second-order valence-corrected chi connectivity index (χ2v) is 15.1. The summed E-state index contributed by atoms with van der Waals surface area (Å²) in [6.07, 6.45) is 13.4. The predicted octanol–water partition coefficient (Wildman–Crippen LogP) is 10.9. The number of aromatic nitrogens is 4. The van der Waals surface area contributed by atoms with Crippen LogP contribution in [0.25, 0.3) is 11.3 Å². The number of anilines is 1.